The van der Waals surface area contributed by atoms with Crippen molar-refractivity contribution in [1.82, 2.24) is 9.78 Å². The normalized spacial score (nSPS) is 10.7. The summed E-state index contributed by atoms with van der Waals surface area (Å²) in [6, 6.07) is 16.4. The highest BCUT2D eigenvalue weighted by molar-refractivity contribution is 7.80. The molecular weight excluding hydrogens is 416 g/mol. The van der Waals surface area contributed by atoms with Crippen LogP contribution in [-0.2, 0) is 11.3 Å². The Hall–Kier alpha value is -3.23. The van der Waals surface area contributed by atoms with Crippen LogP contribution >= 0.6 is 23.6 Å². The third-order valence-electron chi connectivity index (χ3n) is 4.59. The monoisotopic (exact) mass is 436 g/mol. The lowest BCUT2D eigenvalue weighted by Gasteiger charge is -2.09. The van der Waals surface area contributed by atoms with Crippen molar-refractivity contribution in [2.24, 2.45) is 0 Å². The van der Waals surface area contributed by atoms with Crippen molar-refractivity contribution in [2.45, 2.75) is 13.5 Å². The van der Waals surface area contributed by atoms with Gasteiger partial charge in [0.2, 0.25) is 0 Å². The van der Waals surface area contributed by atoms with Crippen molar-refractivity contribution in [2.75, 3.05) is 17.7 Å². The number of carbonyl (C=O) groups is 1. The smallest absolute Gasteiger partial charge is 0.340 e. The number of carbonyl (C=O) groups excluding carboxylic acids is 1. The van der Waals surface area contributed by atoms with Crippen LogP contribution in [0.1, 0.15) is 20.8 Å². The van der Waals surface area contributed by atoms with Crippen LogP contribution in [0.25, 0.3) is 10.8 Å². The van der Waals surface area contributed by atoms with E-state index in [0.717, 1.165) is 10.6 Å². The van der Waals surface area contributed by atoms with Crippen molar-refractivity contribution in [3.8, 4) is 0 Å². The van der Waals surface area contributed by atoms with Crippen LogP contribution in [0.2, 0.25) is 0 Å². The second-order valence-electron chi connectivity index (χ2n) is 6.74. The number of hydrogen-bond donors (Lipinski definition) is 2. The lowest BCUT2D eigenvalue weighted by atomic mass is 10.0. The first-order valence-corrected chi connectivity index (χ1v) is 10.5. The first-order chi connectivity index (χ1) is 14.5. The van der Waals surface area contributed by atoms with Gasteiger partial charge in [-0.1, -0.05) is 42.5 Å². The Balaban J connectivity index is 1.45. The Morgan fingerprint density at radius 3 is 2.83 bits per heavy atom. The third-order valence-corrected chi connectivity index (χ3v) is 5.76. The lowest BCUT2D eigenvalue weighted by Crippen LogP contribution is -2.19. The maximum atomic E-state index is 11.9. The molecule has 0 unspecified atom stereocenters. The van der Waals surface area contributed by atoms with E-state index in [2.05, 4.69) is 46.1 Å². The van der Waals surface area contributed by atoms with E-state index in [1.165, 1.54) is 34.8 Å². The summed E-state index contributed by atoms with van der Waals surface area (Å²) in [6.45, 7) is 2.58. The zero-order chi connectivity index (χ0) is 21.1. The summed E-state index contributed by atoms with van der Waals surface area (Å²) in [6.07, 6.45) is 3.62. The summed E-state index contributed by atoms with van der Waals surface area (Å²) in [5, 5.41) is 14.1. The number of esters is 1. The van der Waals surface area contributed by atoms with Gasteiger partial charge in [-0.2, -0.15) is 5.10 Å². The fourth-order valence-corrected chi connectivity index (χ4v) is 4.44. The van der Waals surface area contributed by atoms with Crippen LogP contribution in [0.4, 0.5) is 10.7 Å². The average Bonchev–Trinajstić information content (AvgIpc) is 3.33. The lowest BCUT2D eigenvalue weighted by molar-refractivity contribution is 0.0602. The van der Waals surface area contributed by atoms with Gasteiger partial charge in [0, 0.05) is 11.1 Å². The second kappa shape index (κ2) is 8.64. The summed E-state index contributed by atoms with van der Waals surface area (Å²) in [7, 11) is 1.36. The molecule has 0 saturated heterocycles. The highest BCUT2D eigenvalue weighted by Crippen LogP contribution is 2.28. The number of anilines is 2. The minimum atomic E-state index is -0.396. The number of nitrogens with zero attached hydrogens (tertiary/aromatic N) is 2. The van der Waals surface area contributed by atoms with Gasteiger partial charge in [-0.25, -0.2) is 4.79 Å². The molecular formula is C22H20N4O2S2. The molecule has 0 bridgehead atoms. The predicted molar refractivity (Wildman–Crippen MR) is 126 cm³/mol. The molecule has 0 amide bonds. The summed E-state index contributed by atoms with van der Waals surface area (Å²) in [5.41, 5.74) is 2.43. The Kier molecular flexibility index (Phi) is 5.78. The van der Waals surface area contributed by atoms with Gasteiger partial charge < -0.3 is 15.4 Å². The van der Waals surface area contributed by atoms with Crippen molar-refractivity contribution >= 4 is 56.1 Å². The van der Waals surface area contributed by atoms with E-state index in [9.17, 15) is 4.79 Å². The summed E-state index contributed by atoms with van der Waals surface area (Å²) < 4.78 is 6.69. The van der Waals surface area contributed by atoms with E-state index in [0.29, 0.717) is 22.2 Å². The summed E-state index contributed by atoms with van der Waals surface area (Å²) in [4.78, 5) is 12.9. The van der Waals surface area contributed by atoms with Crippen LogP contribution in [0.5, 0.6) is 0 Å². The molecule has 0 fully saturated rings. The fourth-order valence-electron chi connectivity index (χ4n) is 3.25. The topological polar surface area (TPSA) is 68.2 Å². The number of methoxy groups -OCH3 is 1. The molecule has 2 N–H and O–H groups in total. The summed E-state index contributed by atoms with van der Waals surface area (Å²) in [5.74, 6) is -0.396. The van der Waals surface area contributed by atoms with Gasteiger partial charge in [-0.3, -0.25) is 4.68 Å². The molecule has 30 heavy (non-hydrogen) atoms. The van der Waals surface area contributed by atoms with Crippen LogP contribution < -0.4 is 10.6 Å². The van der Waals surface area contributed by atoms with Crippen LogP contribution in [0.15, 0.2) is 60.9 Å². The number of aryl methyl sites for hydroxylation is 1. The summed E-state index contributed by atoms with van der Waals surface area (Å²) >= 11 is 6.85. The minimum absolute atomic E-state index is 0.381. The average molecular weight is 437 g/mol. The number of thiocarbonyl (C=S) groups is 1. The van der Waals surface area contributed by atoms with Crippen molar-refractivity contribution in [3.05, 3.63) is 76.9 Å². The number of thiophene rings is 1. The Morgan fingerprint density at radius 1 is 1.20 bits per heavy atom. The number of ether oxygens (including phenoxy) is 1. The maximum Gasteiger partial charge on any atom is 0.340 e. The van der Waals surface area contributed by atoms with Gasteiger partial charge in [-0.05, 0) is 41.5 Å². The van der Waals surface area contributed by atoms with Crippen LogP contribution in [0, 0.1) is 6.92 Å². The molecule has 152 valence electrons. The Bertz CT molecular complexity index is 1220. The molecule has 0 spiro atoms. The fraction of sp³-hybridized carbons (Fsp3) is 0.136. The first kappa shape index (κ1) is 20.1. The molecule has 8 heteroatoms. The largest absolute Gasteiger partial charge is 0.465 e. The molecule has 0 aliphatic heterocycles. The molecule has 0 atom stereocenters. The van der Waals surface area contributed by atoms with Crippen molar-refractivity contribution in [3.63, 3.8) is 0 Å². The first-order valence-electron chi connectivity index (χ1n) is 9.29. The molecule has 4 aromatic rings. The second-order valence-corrected chi connectivity index (χ2v) is 8.40. The van der Waals surface area contributed by atoms with Gasteiger partial charge in [-0.15, -0.1) is 11.3 Å². The minimum Gasteiger partial charge on any atom is -0.465 e. The number of rotatable bonds is 5. The molecule has 2 aromatic carbocycles. The van der Waals surface area contributed by atoms with Crippen molar-refractivity contribution in [1.29, 1.82) is 0 Å². The SMILES string of the molecule is COC(=O)c1cc(C)sc1NC(=S)Nc1cnn(Cc2cccc3ccccc23)c1. The van der Waals surface area contributed by atoms with E-state index >= 15 is 0 Å². The Labute approximate surface area is 183 Å². The van der Waals surface area contributed by atoms with E-state index in [1.807, 2.05) is 29.9 Å². The number of nitrogens with one attached hydrogen (secondary N) is 2. The van der Waals surface area contributed by atoms with Gasteiger partial charge in [0.1, 0.15) is 5.00 Å². The van der Waals surface area contributed by atoms with E-state index < -0.39 is 5.97 Å². The highest BCUT2D eigenvalue weighted by atomic mass is 32.1. The molecule has 6 nitrogen and oxygen atoms in total. The molecule has 0 aliphatic rings. The maximum absolute atomic E-state index is 11.9. The molecule has 2 heterocycles. The zero-order valence-electron chi connectivity index (χ0n) is 16.5. The van der Waals surface area contributed by atoms with Crippen LogP contribution in [0.3, 0.4) is 0 Å². The number of fused-ring (bicyclic) bond motifs is 1. The van der Waals surface area contributed by atoms with E-state index in [4.69, 9.17) is 17.0 Å². The highest BCUT2D eigenvalue weighted by Gasteiger charge is 2.16. The number of aromatic nitrogens is 2. The molecule has 4 rings (SSSR count). The molecule has 0 saturated carbocycles. The number of hydrogen-bond acceptors (Lipinski definition) is 5. The van der Waals surface area contributed by atoms with Gasteiger partial charge in [0.05, 0.1) is 31.1 Å². The van der Waals surface area contributed by atoms with Crippen LogP contribution in [-0.4, -0.2) is 28.0 Å². The number of benzene rings is 2. The van der Waals surface area contributed by atoms with E-state index in [-0.39, 0.29) is 0 Å². The van der Waals surface area contributed by atoms with Gasteiger partial charge in [0.15, 0.2) is 5.11 Å². The van der Waals surface area contributed by atoms with Gasteiger partial charge >= 0.3 is 5.97 Å². The Morgan fingerprint density at radius 2 is 2.00 bits per heavy atom. The van der Waals surface area contributed by atoms with E-state index in [1.54, 1.807) is 12.3 Å². The standard InChI is InChI=1S/C22H20N4O2S2/c1-14-10-19(21(27)28-2)20(30-14)25-22(29)24-17-11-23-26(13-17)12-16-8-5-7-15-6-3-4-9-18(15)16/h3-11,13H,12H2,1-2H3,(H2,24,25,29). The predicted octanol–water partition coefficient (Wildman–Crippen LogP) is 5.05. The van der Waals surface area contributed by atoms with Crippen molar-refractivity contribution < 1.29 is 9.53 Å². The molecule has 0 aliphatic carbocycles. The van der Waals surface area contributed by atoms with Gasteiger partial charge in [0.25, 0.3) is 0 Å². The third kappa shape index (κ3) is 4.34. The molecule has 2 aromatic heterocycles. The zero-order valence-corrected chi connectivity index (χ0v) is 18.1. The quantitative estimate of drug-likeness (QED) is 0.337. The molecule has 0 radical (unpaired) electrons.